The van der Waals surface area contributed by atoms with Gasteiger partial charge < -0.3 is 4.90 Å². The Kier molecular flexibility index (Phi) is 5.00. The van der Waals surface area contributed by atoms with Crippen LogP contribution in [0.4, 0.5) is 0 Å². The molecule has 3 aromatic rings. The lowest BCUT2D eigenvalue weighted by Gasteiger charge is -2.28. The molecule has 0 bridgehead atoms. The molecule has 0 aliphatic carbocycles. The highest BCUT2D eigenvalue weighted by Gasteiger charge is 2.27. The Morgan fingerprint density at radius 2 is 2.00 bits per heavy atom. The number of amides is 1. The second kappa shape index (κ2) is 7.64. The van der Waals surface area contributed by atoms with Crippen LogP contribution in [0.15, 0.2) is 47.4 Å². The molecule has 1 amide bonds. The highest BCUT2D eigenvalue weighted by molar-refractivity contribution is 5.95. The summed E-state index contributed by atoms with van der Waals surface area (Å²) in [5.41, 5.74) is 3.52. The molecule has 0 spiro atoms. The van der Waals surface area contributed by atoms with Crippen LogP contribution < -0.4 is 5.56 Å². The van der Waals surface area contributed by atoms with Crippen molar-refractivity contribution in [2.45, 2.75) is 39.8 Å². The molecule has 7 heteroatoms. The van der Waals surface area contributed by atoms with Gasteiger partial charge >= 0.3 is 0 Å². The zero-order valence-corrected chi connectivity index (χ0v) is 17.3. The predicted octanol–water partition coefficient (Wildman–Crippen LogP) is 2.99. The molecule has 1 aromatic carbocycles. The van der Waals surface area contributed by atoms with Gasteiger partial charge in [-0.1, -0.05) is 26.0 Å². The van der Waals surface area contributed by atoms with Gasteiger partial charge in [0.05, 0.1) is 18.8 Å². The molecule has 0 radical (unpaired) electrons. The first-order valence-corrected chi connectivity index (χ1v) is 9.97. The molecule has 0 unspecified atom stereocenters. The molecule has 7 nitrogen and oxygen atoms in total. The Bertz CT molecular complexity index is 1230. The van der Waals surface area contributed by atoms with Crippen molar-refractivity contribution in [3.05, 3.63) is 81.0 Å². The lowest BCUT2D eigenvalue weighted by molar-refractivity contribution is 0.0703. The Morgan fingerprint density at radius 1 is 1.20 bits per heavy atom. The predicted molar refractivity (Wildman–Crippen MR) is 113 cm³/mol. The summed E-state index contributed by atoms with van der Waals surface area (Å²) < 4.78 is 3.28. The van der Waals surface area contributed by atoms with Gasteiger partial charge in [-0.3, -0.25) is 18.8 Å². The van der Waals surface area contributed by atoms with E-state index in [9.17, 15) is 9.59 Å². The number of carbonyl (C=O) groups excluding carboxylic acids is 1. The van der Waals surface area contributed by atoms with Crippen molar-refractivity contribution < 1.29 is 4.79 Å². The lowest BCUT2D eigenvalue weighted by Crippen LogP contribution is -2.41. The molecule has 4 rings (SSSR count). The fraction of sp³-hybridized carbons (Fsp3) is 0.304. The number of aromatic nitrogens is 3. The molecule has 1 aliphatic heterocycles. The summed E-state index contributed by atoms with van der Waals surface area (Å²) in [6.45, 7) is 7.25. The van der Waals surface area contributed by atoms with Crippen LogP contribution in [0.2, 0.25) is 0 Å². The van der Waals surface area contributed by atoms with Gasteiger partial charge in [-0.05, 0) is 48.2 Å². The maximum Gasteiger partial charge on any atom is 0.268 e. The van der Waals surface area contributed by atoms with E-state index in [4.69, 9.17) is 5.26 Å². The summed E-state index contributed by atoms with van der Waals surface area (Å²) >= 11 is 0. The van der Waals surface area contributed by atoms with Crippen molar-refractivity contribution in [2.24, 2.45) is 0 Å². The van der Waals surface area contributed by atoms with Crippen molar-refractivity contribution >= 4 is 5.91 Å². The van der Waals surface area contributed by atoms with E-state index in [0.717, 1.165) is 16.9 Å². The average Bonchev–Trinajstić information content (AvgIpc) is 3.16. The van der Waals surface area contributed by atoms with E-state index < -0.39 is 0 Å². The SMILES string of the molecule is Cc1ccn(-c2cccc(C(C)C)c2)c(=O)c1C(=O)N1CCn2nc(C#N)cc2C1. The fourth-order valence-electron chi connectivity index (χ4n) is 3.78. The van der Waals surface area contributed by atoms with Gasteiger partial charge in [0.1, 0.15) is 11.6 Å². The van der Waals surface area contributed by atoms with Crippen LogP contribution in [0.1, 0.15) is 52.6 Å². The van der Waals surface area contributed by atoms with E-state index in [1.807, 2.05) is 30.3 Å². The maximum atomic E-state index is 13.3. The molecule has 152 valence electrons. The minimum absolute atomic E-state index is 0.181. The molecule has 1 aliphatic rings. The van der Waals surface area contributed by atoms with Crippen molar-refractivity contribution in [1.29, 1.82) is 5.26 Å². The highest BCUT2D eigenvalue weighted by atomic mass is 16.2. The number of hydrogen-bond donors (Lipinski definition) is 0. The zero-order valence-electron chi connectivity index (χ0n) is 17.3. The third-order valence-electron chi connectivity index (χ3n) is 5.53. The molecule has 2 aromatic heterocycles. The first kappa shape index (κ1) is 19.6. The van der Waals surface area contributed by atoms with Gasteiger partial charge in [0, 0.05) is 18.4 Å². The number of hydrogen-bond acceptors (Lipinski definition) is 4. The van der Waals surface area contributed by atoms with E-state index in [2.05, 4.69) is 18.9 Å². The number of aryl methyl sites for hydroxylation is 1. The van der Waals surface area contributed by atoms with Crippen LogP contribution in [-0.4, -0.2) is 31.7 Å². The molecular formula is C23H23N5O2. The normalized spacial score (nSPS) is 13.2. The summed E-state index contributed by atoms with van der Waals surface area (Å²) in [5.74, 6) is 0.0431. The minimum Gasteiger partial charge on any atom is -0.331 e. The number of carbonyl (C=O) groups is 1. The summed E-state index contributed by atoms with van der Waals surface area (Å²) in [6, 6.07) is 13.3. The minimum atomic E-state index is -0.322. The molecule has 0 saturated heterocycles. The van der Waals surface area contributed by atoms with E-state index in [0.29, 0.717) is 36.8 Å². The van der Waals surface area contributed by atoms with Crippen LogP contribution in [0.5, 0.6) is 0 Å². The van der Waals surface area contributed by atoms with Crippen molar-refractivity contribution in [3.8, 4) is 11.8 Å². The second-order valence-electron chi connectivity index (χ2n) is 7.88. The molecule has 0 saturated carbocycles. The van der Waals surface area contributed by atoms with E-state index >= 15 is 0 Å². The van der Waals surface area contributed by atoms with E-state index in [1.165, 1.54) is 4.57 Å². The Balaban J connectivity index is 1.70. The van der Waals surface area contributed by atoms with Crippen molar-refractivity contribution in [3.63, 3.8) is 0 Å². The number of rotatable bonds is 3. The second-order valence-corrected chi connectivity index (χ2v) is 7.88. The fourth-order valence-corrected chi connectivity index (χ4v) is 3.78. The smallest absolute Gasteiger partial charge is 0.268 e. The summed E-state index contributed by atoms with van der Waals surface area (Å²) in [5, 5.41) is 13.3. The van der Waals surface area contributed by atoms with Crippen molar-refractivity contribution in [2.75, 3.05) is 6.54 Å². The first-order chi connectivity index (χ1) is 14.4. The summed E-state index contributed by atoms with van der Waals surface area (Å²) in [4.78, 5) is 28.3. The van der Waals surface area contributed by atoms with Gasteiger partial charge in [-0.25, -0.2) is 0 Å². The molecule has 0 fully saturated rings. The number of fused-ring (bicyclic) bond motifs is 1. The standard InChI is InChI=1S/C23H23N5O2/c1-15(2)17-5-4-6-19(11-17)27-8-7-16(3)21(23(27)30)22(29)26-9-10-28-20(14-26)12-18(13-24)25-28/h4-8,11-12,15H,9-10,14H2,1-3H3. The third-order valence-corrected chi connectivity index (χ3v) is 5.53. The van der Waals surface area contributed by atoms with E-state index in [1.54, 1.807) is 34.8 Å². The van der Waals surface area contributed by atoms with E-state index in [-0.39, 0.29) is 17.0 Å². The van der Waals surface area contributed by atoms with Crippen LogP contribution in [0.3, 0.4) is 0 Å². The zero-order chi connectivity index (χ0) is 21.4. The maximum absolute atomic E-state index is 13.3. The molecule has 3 heterocycles. The third kappa shape index (κ3) is 3.41. The lowest BCUT2D eigenvalue weighted by atomic mass is 10.0. The molecule has 0 atom stereocenters. The van der Waals surface area contributed by atoms with Gasteiger partial charge in [-0.15, -0.1) is 0 Å². The Labute approximate surface area is 174 Å². The van der Waals surface area contributed by atoms with Crippen LogP contribution >= 0.6 is 0 Å². The topological polar surface area (TPSA) is 83.9 Å². The first-order valence-electron chi connectivity index (χ1n) is 9.97. The monoisotopic (exact) mass is 401 g/mol. The number of benzene rings is 1. The summed E-state index contributed by atoms with van der Waals surface area (Å²) in [6.07, 6.45) is 1.72. The number of nitriles is 1. The van der Waals surface area contributed by atoms with Gasteiger partial charge in [0.25, 0.3) is 11.5 Å². The molecular weight excluding hydrogens is 378 g/mol. The number of nitrogens with zero attached hydrogens (tertiary/aromatic N) is 5. The van der Waals surface area contributed by atoms with Gasteiger partial charge in [0.2, 0.25) is 0 Å². The van der Waals surface area contributed by atoms with Gasteiger partial charge in [0.15, 0.2) is 5.69 Å². The Hall–Kier alpha value is -3.66. The molecule has 0 N–H and O–H groups in total. The van der Waals surface area contributed by atoms with Gasteiger partial charge in [-0.2, -0.15) is 10.4 Å². The average molecular weight is 401 g/mol. The largest absolute Gasteiger partial charge is 0.331 e. The highest BCUT2D eigenvalue weighted by Crippen LogP contribution is 2.19. The van der Waals surface area contributed by atoms with Crippen LogP contribution in [-0.2, 0) is 13.1 Å². The Morgan fingerprint density at radius 3 is 2.73 bits per heavy atom. The van der Waals surface area contributed by atoms with Crippen molar-refractivity contribution in [1.82, 2.24) is 19.2 Å². The number of pyridine rings is 1. The van der Waals surface area contributed by atoms with Crippen LogP contribution in [0, 0.1) is 18.3 Å². The van der Waals surface area contributed by atoms with Crippen LogP contribution in [0.25, 0.3) is 5.69 Å². The molecule has 30 heavy (non-hydrogen) atoms. The summed E-state index contributed by atoms with van der Waals surface area (Å²) in [7, 11) is 0. The quantitative estimate of drug-likeness (QED) is 0.675.